The van der Waals surface area contributed by atoms with Crippen LogP contribution in [0.3, 0.4) is 0 Å². The fourth-order valence-corrected chi connectivity index (χ4v) is 5.17. The molecule has 1 aliphatic heterocycles. The summed E-state index contributed by atoms with van der Waals surface area (Å²) in [5.74, 6) is 0.513. The molecule has 0 radical (unpaired) electrons. The predicted octanol–water partition coefficient (Wildman–Crippen LogP) is 1.48. The van der Waals surface area contributed by atoms with Crippen molar-refractivity contribution >= 4 is 39.1 Å². The topological polar surface area (TPSA) is 123 Å². The number of anilines is 2. The van der Waals surface area contributed by atoms with Crippen molar-refractivity contribution < 1.29 is 17.9 Å². The fourth-order valence-electron chi connectivity index (χ4n) is 3.66. The van der Waals surface area contributed by atoms with Crippen molar-refractivity contribution in [2.75, 3.05) is 55.5 Å². The van der Waals surface area contributed by atoms with Gasteiger partial charge in [0.05, 0.1) is 30.5 Å². The minimum atomic E-state index is -3.21. The van der Waals surface area contributed by atoms with Gasteiger partial charge in [-0.1, -0.05) is 36.0 Å². The van der Waals surface area contributed by atoms with Crippen molar-refractivity contribution in [2.45, 2.75) is 5.16 Å². The number of nitrogens with one attached hydrogen (secondary N) is 1. The van der Waals surface area contributed by atoms with Crippen molar-refractivity contribution in [2.24, 2.45) is 0 Å². The average Bonchev–Trinajstić information content (AvgIpc) is 3.31. The molecule has 180 valence electrons. The van der Waals surface area contributed by atoms with Crippen LogP contribution in [0.15, 0.2) is 53.7 Å². The lowest BCUT2D eigenvalue weighted by atomic mass is 10.2. The Morgan fingerprint density at radius 1 is 1.06 bits per heavy atom. The number of benzene rings is 2. The Bertz CT molecular complexity index is 1260. The normalized spacial score (nSPS) is 14.7. The van der Waals surface area contributed by atoms with Crippen LogP contribution in [0.25, 0.3) is 5.69 Å². The molecule has 3 aromatic rings. The lowest BCUT2D eigenvalue weighted by Gasteiger charge is -2.35. The van der Waals surface area contributed by atoms with Crippen molar-refractivity contribution in [3.8, 4) is 11.4 Å². The van der Waals surface area contributed by atoms with E-state index in [0.29, 0.717) is 48.5 Å². The largest absolute Gasteiger partial charge is 0.494 e. The van der Waals surface area contributed by atoms with Crippen molar-refractivity contribution in [3.63, 3.8) is 0 Å². The van der Waals surface area contributed by atoms with Crippen LogP contribution >= 0.6 is 11.8 Å². The number of tetrazole rings is 1. The fraction of sp³-hybridized carbons (Fsp3) is 0.333. The molecule has 2 heterocycles. The van der Waals surface area contributed by atoms with E-state index in [2.05, 4.69) is 25.7 Å². The van der Waals surface area contributed by atoms with Gasteiger partial charge in [-0.25, -0.2) is 8.42 Å². The SMILES string of the molecule is COc1ccccc1-n1nnnc1SCC(=O)Nc1ccccc1N1CCN(S(C)(=O)=O)CC1. The number of carbonyl (C=O) groups excluding carboxylic acids is 1. The zero-order valence-electron chi connectivity index (χ0n) is 18.8. The zero-order valence-corrected chi connectivity index (χ0v) is 20.4. The molecule has 0 bridgehead atoms. The number of carbonyl (C=O) groups is 1. The maximum atomic E-state index is 12.8. The quantitative estimate of drug-likeness (QED) is 0.455. The van der Waals surface area contributed by atoms with Crippen molar-refractivity contribution in [1.29, 1.82) is 0 Å². The molecule has 0 unspecified atom stereocenters. The lowest BCUT2D eigenvalue weighted by Crippen LogP contribution is -2.48. The molecule has 34 heavy (non-hydrogen) atoms. The molecule has 13 heteroatoms. The standard InChI is InChI=1S/C21H25N7O4S2/c1-32-19-10-6-5-9-18(19)28-21(23-24-25-28)33-15-20(29)22-16-7-3-4-8-17(16)26-11-13-27(14-12-26)34(2,30)31/h3-10H,11-15H2,1-2H3,(H,22,29). The van der Waals surface area contributed by atoms with Gasteiger partial charge in [0.25, 0.3) is 0 Å². The van der Waals surface area contributed by atoms with Crippen LogP contribution in [0.5, 0.6) is 5.75 Å². The summed E-state index contributed by atoms with van der Waals surface area (Å²) in [4.78, 5) is 14.8. The van der Waals surface area contributed by atoms with E-state index in [4.69, 9.17) is 4.74 Å². The molecule has 1 N–H and O–H groups in total. The smallest absolute Gasteiger partial charge is 0.234 e. The zero-order chi connectivity index (χ0) is 24.1. The number of hydrogen-bond donors (Lipinski definition) is 1. The monoisotopic (exact) mass is 503 g/mol. The second kappa shape index (κ2) is 10.4. The molecule has 0 aliphatic carbocycles. The maximum absolute atomic E-state index is 12.8. The van der Waals surface area contributed by atoms with Crippen molar-refractivity contribution in [1.82, 2.24) is 24.5 Å². The highest BCUT2D eigenvalue weighted by molar-refractivity contribution is 7.99. The van der Waals surface area contributed by atoms with Gasteiger partial charge in [-0.05, 0) is 34.7 Å². The minimum Gasteiger partial charge on any atom is -0.494 e. The molecule has 11 nitrogen and oxygen atoms in total. The number of aromatic nitrogens is 4. The maximum Gasteiger partial charge on any atom is 0.234 e. The number of para-hydroxylation sites is 4. The summed E-state index contributed by atoms with van der Waals surface area (Å²) in [7, 11) is -1.64. The van der Waals surface area contributed by atoms with Crippen LogP contribution in [0.1, 0.15) is 0 Å². The van der Waals surface area contributed by atoms with Gasteiger partial charge in [-0.2, -0.15) is 8.99 Å². The van der Waals surface area contributed by atoms with Gasteiger partial charge in [-0.15, -0.1) is 5.10 Å². The highest BCUT2D eigenvalue weighted by Crippen LogP contribution is 2.28. The van der Waals surface area contributed by atoms with Gasteiger partial charge in [0, 0.05) is 26.2 Å². The Kier molecular flexibility index (Phi) is 7.34. The summed E-state index contributed by atoms with van der Waals surface area (Å²) >= 11 is 1.21. The molecule has 1 saturated heterocycles. The summed E-state index contributed by atoms with van der Waals surface area (Å²) in [6.07, 6.45) is 1.22. The van der Waals surface area contributed by atoms with Gasteiger partial charge < -0.3 is 15.0 Å². The Morgan fingerprint density at radius 2 is 1.74 bits per heavy atom. The van der Waals surface area contributed by atoms with E-state index in [1.54, 1.807) is 7.11 Å². The van der Waals surface area contributed by atoms with E-state index in [1.165, 1.54) is 27.0 Å². The first-order valence-corrected chi connectivity index (χ1v) is 13.3. The van der Waals surface area contributed by atoms with E-state index in [9.17, 15) is 13.2 Å². The van der Waals surface area contributed by atoms with E-state index < -0.39 is 10.0 Å². The summed E-state index contributed by atoms with van der Waals surface area (Å²) < 4.78 is 32.0. The molecule has 1 aromatic heterocycles. The van der Waals surface area contributed by atoms with E-state index in [1.807, 2.05) is 48.5 Å². The number of piperazine rings is 1. The van der Waals surface area contributed by atoms with Gasteiger partial charge in [-0.3, -0.25) is 4.79 Å². The molecule has 2 aromatic carbocycles. The number of ether oxygens (including phenoxy) is 1. The van der Waals surface area contributed by atoms with Crippen molar-refractivity contribution in [3.05, 3.63) is 48.5 Å². The van der Waals surface area contributed by atoms with E-state index >= 15 is 0 Å². The Balaban J connectivity index is 1.41. The Labute approximate surface area is 202 Å². The summed E-state index contributed by atoms with van der Waals surface area (Å²) in [5.41, 5.74) is 2.20. The van der Waals surface area contributed by atoms with Crippen LogP contribution in [-0.2, 0) is 14.8 Å². The predicted molar refractivity (Wildman–Crippen MR) is 130 cm³/mol. The molecule has 0 atom stereocenters. The molecule has 1 fully saturated rings. The first-order valence-electron chi connectivity index (χ1n) is 10.5. The number of nitrogens with zero attached hydrogens (tertiary/aromatic N) is 6. The van der Waals surface area contributed by atoms with E-state index in [-0.39, 0.29) is 11.7 Å². The van der Waals surface area contributed by atoms with Crippen LogP contribution < -0.4 is 15.0 Å². The van der Waals surface area contributed by atoms with Crippen LogP contribution in [-0.4, -0.2) is 84.1 Å². The third kappa shape index (κ3) is 5.48. The molecular formula is C21H25N7O4S2. The Morgan fingerprint density at radius 3 is 2.44 bits per heavy atom. The highest BCUT2D eigenvalue weighted by Gasteiger charge is 2.25. The van der Waals surface area contributed by atoms with Gasteiger partial charge in [0.2, 0.25) is 21.1 Å². The van der Waals surface area contributed by atoms with Gasteiger partial charge in [0.15, 0.2) is 0 Å². The van der Waals surface area contributed by atoms with Crippen LogP contribution in [0, 0.1) is 0 Å². The molecular weight excluding hydrogens is 478 g/mol. The molecule has 1 aliphatic rings. The summed E-state index contributed by atoms with van der Waals surface area (Å²) in [6, 6.07) is 14.8. The number of hydrogen-bond acceptors (Lipinski definition) is 9. The highest BCUT2D eigenvalue weighted by atomic mass is 32.2. The van der Waals surface area contributed by atoms with Crippen LogP contribution in [0.4, 0.5) is 11.4 Å². The van der Waals surface area contributed by atoms with Gasteiger partial charge in [0.1, 0.15) is 11.4 Å². The first kappa shape index (κ1) is 24.0. The first-order chi connectivity index (χ1) is 16.4. The number of methoxy groups -OCH3 is 1. The Hall–Kier alpha value is -3.16. The second-order valence-corrected chi connectivity index (χ2v) is 10.5. The second-order valence-electron chi connectivity index (χ2n) is 7.55. The number of amides is 1. The summed E-state index contributed by atoms with van der Waals surface area (Å²) in [5, 5.41) is 15.2. The molecule has 4 rings (SSSR count). The molecule has 0 saturated carbocycles. The van der Waals surface area contributed by atoms with Crippen LogP contribution in [0.2, 0.25) is 0 Å². The average molecular weight is 504 g/mol. The summed E-state index contributed by atoms with van der Waals surface area (Å²) in [6.45, 7) is 1.90. The minimum absolute atomic E-state index is 0.103. The van der Waals surface area contributed by atoms with Gasteiger partial charge >= 0.3 is 0 Å². The molecule has 1 amide bonds. The third-order valence-corrected chi connectivity index (χ3v) is 7.54. The number of sulfonamides is 1. The van der Waals surface area contributed by atoms with E-state index in [0.717, 1.165) is 5.69 Å². The molecule has 0 spiro atoms. The third-order valence-electron chi connectivity index (χ3n) is 5.31. The number of thioether (sulfide) groups is 1. The number of rotatable bonds is 8. The lowest BCUT2D eigenvalue weighted by molar-refractivity contribution is -0.113.